The molecule has 0 amide bonds. The fraction of sp³-hybridized carbons (Fsp3) is 0.389. The predicted molar refractivity (Wildman–Crippen MR) is 90.6 cm³/mol. The number of rotatable bonds is 4. The standard InChI is InChI=1S/C18H17F3NO3P/c1-26(24,11-2-3-11)13-5-4-12(25-10-6-9(19)7-22-8-10)14-15(13)18(23)17(21)16(14)20/h4-8,11,16-18,23H,2-3H2,1H3/t16-,17-,18+,26?/m1/s1. The highest BCUT2D eigenvalue weighted by atomic mass is 31.2. The Hall–Kier alpha value is -1.85. The van der Waals surface area contributed by atoms with Crippen molar-refractivity contribution in [2.45, 2.75) is 36.9 Å². The zero-order valence-electron chi connectivity index (χ0n) is 13.9. The molecule has 4 nitrogen and oxygen atoms in total. The van der Waals surface area contributed by atoms with Gasteiger partial charge in [-0.15, -0.1) is 0 Å². The van der Waals surface area contributed by atoms with Crippen molar-refractivity contribution in [2.75, 3.05) is 6.66 Å². The number of hydrogen-bond donors (Lipinski definition) is 1. The van der Waals surface area contributed by atoms with E-state index in [1.165, 1.54) is 18.3 Å². The molecule has 4 rings (SSSR count). The summed E-state index contributed by atoms with van der Waals surface area (Å²) in [5.74, 6) is -0.660. The number of ether oxygens (including phenoxy) is 1. The summed E-state index contributed by atoms with van der Waals surface area (Å²) in [7, 11) is -2.87. The van der Waals surface area contributed by atoms with Crippen LogP contribution in [0, 0.1) is 5.82 Å². The first-order valence-electron chi connectivity index (χ1n) is 8.30. The van der Waals surface area contributed by atoms with Gasteiger partial charge in [-0.25, -0.2) is 13.2 Å². The Morgan fingerprint density at radius 2 is 1.96 bits per heavy atom. The van der Waals surface area contributed by atoms with Crippen LogP contribution in [0.4, 0.5) is 13.2 Å². The molecule has 0 aliphatic heterocycles. The third-order valence-corrected chi connectivity index (χ3v) is 8.26. The summed E-state index contributed by atoms with van der Waals surface area (Å²) in [6.45, 7) is 1.59. The minimum absolute atomic E-state index is 0.00426. The minimum atomic E-state index is -2.87. The van der Waals surface area contributed by atoms with Crippen molar-refractivity contribution in [1.29, 1.82) is 0 Å². The Morgan fingerprint density at radius 3 is 2.62 bits per heavy atom. The monoisotopic (exact) mass is 383 g/mol. The summed E-state index contributed by atoms with van der Waals surface area (Å²) < 4.78 is 60.8. The van der Waals surface area contributed by atoms with Crippen molar-refractivity contribution in [1.82, 2.24) is 4.98 Å². The number of fused-ring (bicyclic) bond motifs is 1. The summed E-state index contributed by atoms with van der Waals surface area (Å²) >= 11 is 0. The average molecular weight is 383 g/mol. The van der Waals surface area contributed by atoms with Crippen molar-refractivity contribution >= 4 is 12.4 Å². The lowest BCUT2D eigenvalue weighted by Crippen LogP contribution is -2.18. The van der Waals surface area contributed by atoms with Crippen LogP contribution < -0.4 is 10.0 Å². The largest absolute Gasteiger partial charge is 0.455 e. The van der Waals surface area contributed by atoms with Gasteiger partial charge < -0.3 is 14.4 Å². The molecule has 1 N–H and O–H groups in total. The molecule has 0 saturated heterocycles. The molecule has 1 heterocycles. The molecule has 2 aliphatic carbocycles. The quantitative estimate of drug-likeness (QED) is 0.805. The summed E-state index contributed by atoms with van der Waals surface area (Å²) in [4.78, 5) is 3.65. The Kier molecular flexibility index (Phi) is 4.12. The van der Waals surface area contributed by atoms with E-state index in [0.717, 1.165) is 25.1 Å². The number of aliphatic hydroxyl groups is 1. The van der Waals surface area contributed by atoms with E-state index in [-0.39, 0.29) is 28.3 Å². The highest BCUT2D eigenvalue weighted by Crippen LogP contribution is 2.60. The zero-order valence-corrected chi connectivity index (χ0v) is 14.8. The second-order valence-corrected chi connectivity index (χ2v) is 10.1. The van der Waals surface area contributed by atoms with E-state index in [0.29, 0.717) is 5.30 Å². The predicted octanol–water partition coefficient (Wildman–Crippen LogP) is 4.19. The highest BCUT2D eigenvalue weighted by molar-refractivity contribution is 7.72. The first-order valence-corrected chi connectivity index (χ1v) is 10.5. The fourth-order valence-electron chi connectivity index (χ4n) is 3.49. The van der Waals surface area contributed by atoms with Gasteiger partial charge in [0.15, 0.2) is 12.3 Å². The molecule has 26 heavy (non-hydrogen) atoms. The number of halogens is 3. The van der Waals surface area contributed by atoms with Gasteiger partial charge in [0, 0.05) is 28.2 Å². The van der Waals surface area contributed by atoms with Gasteiger partial charge in [-0.05, 0) is 31.6 Å². The third kappa shape index (κ3) is 2.74. The van der Waals surface area contributed by atoms with E-state index in [1.54, 1.807) is 6.66 Å². The summed E-state index contributed by atoms with van der Waals surface area (Å²) in [5, 5.41) is 10.5. The van der Waals surface area contributed by atoms with Crippen LogP contribution >= 0.6 is 7.14 Å². The van der Waals surface area contributed by atoms with Crippen LogP contribution in [0.15, 0.2) is 30.6 Å². The minimum Gasteiger partial charge on any atom is -0.455 e. The second-order valence-electron chi connectivity index (χ2n) is 6.86. The molecule has 1 saturated carbocycles. The molecule has 1 aromatic heterocycles. The van der Waals surface area contributed by atoms with Gasteiger partial charge in [0.2, 0.25) is 0 Å². The second kappa shape index (κ2) is 6.10. The van der Waals surface area contributed by atoms with Crippen LogP contribution in [0.2, 0.25) is 0 Å². The van der Waals surface area contributed by atoms with Crippen molar-refractivity contribution in [3.05, 3.63) is 47.5 Å². The first kappa shape index (κ1) is 17.6. The molecule has 138 valence electrons. The molecule has 2 aliphatic rings. The van der Waals surface area contributed by atoms with Crippen molar-refractivity contribution in [3.63, 3.8) is 0 Å². The van der Waals surface area contributed by atoms with E-state index >= 15 is 0 Å². The normalized spacial score (nSPS) is 27.0. The lowest BCUT2D eigenvalue weighted by Gasteiger charge is -2.20. The lowest BCUT2D eigenvalue weighted by atomic mass is 10.1. The van der Waals surface area contributed by atoms with Crippen molar-refractivity contribution in [2.24, 2.45) is 0 Å². The maximum Gasteiger partial charge on any atom is 0.165 e. The smallest absolute Gasteiger partial charge is 0.165 e. The zero-order chi connectivity index (χ0) is 18.6. The number of hydrogen-bond acceptors (Lipinski definition) is 4. The molecule has 1 fully saturated rings. The number of alkyl halides is 2. The summed E-state index contributed by atoms with van der Waals surface area (Å²) in [5.41, 5.74) is -0.172. The lowest BCUT2D eigenvalue weighted by molar-refractivity contribution is 0.0469. The van der Waals surface area contributed by atoms with Crippen molar-refractivity contribution < 1.29 is 27.6 Å². The van der Waals surface area contributed by atoms with E-state index in [9.17, 15) is 22.8 Å². The molecule has 0 bridgehead atoms. The number of aromatic nitrogens is 1. The number of benzene rings is 1. The van der Waals surface area contributed by atoms with Gasteiger partial charge in [0.1, 0.15) is 30.6 Å². The topological polar surface area (TPSA) is 59.4 Å². The summed E-state index contributed by atoms with van der Waals surface area (Å²) in [6, 6.07) is 3.96. The third-order valence-electron chi connectivity index (χ3n) is 5.01. The van der Waals surface area contributed by atoms with Crippen LogP contribution in [0.3, 0.4) is 0 Å². The molecular formula is C18H17F3NO3P. The Bertz CT molecular complexity index is 919. The van der Waals surface area contributed by atoms with Gasteiger partial charge >= 0.3 is 0 Å². The van der Waals surface area contributed by atoms with E-state index in [4.69, 9.17) is 4.74 Å². The Morgan fingerprint density at radius 1 is 1.23 bits per heavy atom. The first-order chi connectivity index (χ1) is 12.3. The fourth-order valence-corrected chi connectivity index (χ4v) is 6.12. The van der Waals surface area contributed by atoms with Gasteiger partial charge in [-0.1, -0.05) is 0 Å². The van der Waals surface area contributed by atoms with Crippen LogP contribution in [-0.4, -0.2) is 28.6 Å². The molecule has 1 aromatic carbocycles. The molecule has 2 aromatic rings. The van der Waals surface area contributed by atoms with Crippen LogP contribution in [0.25, 0.3) is 0 Å². The molecule has 0 radical (unpaired) electrons. The van der Waals surface area contributed by atoms with E-state index in [1.807, 2.05) is 0 Å². The van der Waals surface area contributed by atoms with Crippen molar-refractivity contribution in [3.8, 4) is 11.5 Å². The van der Waals surface area contributed by atoms with Gasteiger partial charge in [-0.3, -0.25) is 4.98 Å². The van der Waals surface area contributed by atoms with E-state index < -0.39 is 31.4 Å². The maximum atomic E-state index is 14.6. The van der Waals surface area contributed by atoms with Crippen LogP contribution in [0.5, 0.6) is 11.5 Å². The van der Waals surface area contributed by atoms with E-state index in [2.05, 4.69) is 4.98 Å². The number of nitrogens with zero attached hydrogens (tertiary/aromatic N) is 1. The number of pyridine rings is 1. The SMILES string of the molecule is CP(=O)(c1ccc(Oc2cncc(F)c2)c2c1[C@H](O)[C@H](F)[C@@H]2F)C1CC1. The Balaban J connectivity index is 1.84. The van der Waals surface area contributed by atoms with Gasteiger partial charge in [-0.2, -0.15) is 0 Å². The maximum absolute atomic E-state index is 14.6. The van der Waals surface area contributed by atoms with Crippen LogP contribution in [-0.2, 0) is 4.57 Å². The van der Waals surface area contributed by atoms with Gasteiger partial charge in [0.25, 0.3) is 0 Å². The van der Waals surface area contributed by atoms with Gasteiger partial charge in [0.05, 0.1) is 12.4 Å². The summed E-state index contributed by atoms with van der Waals surface area (Å²) in [6.07, 6.45) is -2.18. The molecular weight excluding hydrogens is 366 g/mol. The molecule has 0 spiro atoms. The average Bonchev–Trinajstić information content (AvgIpc) is 3.42. The molecule has 8 heteroatoms. The molecule has 1 unspecified atom stereocenters. The number of aliphatic hydroxyl groups excluding tert-OH is 1. The Labute approximate surface area is 148 Å². The molecule has 4 atom stereocenters. The highest BCUT2D eigenvalue weighted by Gasteiger charge is 2.49. The van der Waals surface area contributed by atoms with Crippen LogP contribution in [0.1, 0.15) is 36.2 Å².